The maximum absolute atomic E-state index is 12.4. The number of nitrogens with zero attached hydrogens (tertiary/aromatic N) is 1. The van der Waals surface area contributed by atoms with E-state index in [9.17, 15) is 4.79 Å². The summed E-state index contributed by atoms with van der Waals surface area (Å²) in [6, 6.07) is 14.7. The van der Waals surface area contributed by atoms with E-state index in [1.54, 1.807) is 31.5 Å². The normalized spacial score (nSPS) is 10.6. The van der Waals surface area contributed by atoms with Crippen molar-refractivity contribution >= 4 is 34.5 Å². The quantitative estimate of drug-likeness (QED) is 0.708. The highest BCUT2D eigenvalue weighted by Gasteiger charge is 2.12. The lowest BCUT2D eigenvalue weighted by Gasteiger charge is -2.08. The van der Waals surface area contributed by atoms with Crippen molar-refractivity contribution in [2.24, 2.45) is 0 Å². The molecule has 2 heterocycles. The maximum Gasteiger partial charge on any atom is 0.265 e. The molecule has 0 saturated carbocycles. The van der Waals surface area contributed by atoms with Crippen LogP contribution < -0.4 is 5.32 Å². The van der Waals surface area contributed by atoms with E-state index in [0.29, 0.717) is 22.2 Å². The topological polar surface area (TPSA) is 51.2 Å². The summed E-state index contributed by atoms with van der Waals surface area (Å²) in [4.78, 5) is 18.3. The van der Waals surface area contributed by atoms with Crippen LogP contribution in [0.15, 0.2) is 54.7 Å². The first-order valence-electron chi connectivity index (χ1n) is 7.27. The number of carbonyl (C=O) groups excluding carboxylic acids is 1. The number of aromatic nitrogens is 1. The summed E-state index contributed by atoms with van der Waals surface area (Å²) in [5, 5.41) is 3.48. The molecular formula is C18H15ClN2O2S. The van der Waals surface area contributed by atoms with Crippen molar-refractivity contribution in [3.8, 4) is 11.3 Å². The highest BCUT2D eigenvalue weighted by Crippen LogP contribution is 2.29. The number of anilines is 1. The van der Waals surface area contributed by atoms with Crippen LogP contribution >= 0.6 is 22.9 Å². The van der Waals surface area contributed by atoms with Crippen molar-refractivity contribution in [2.75, 3.05) is 12.4 Å². The van der Waals surface area contributed by atoms with Gasteiger partial charge in [0.1, 0.15) is 0 Å². The van der Waals surface area contributed by atoms with Crippen LogP contribution in [-0.2, 0) is 11.3 Å². The number of amides is 1. The molecule has 6 heteroatoms. The van der Waals surface area contributed by atoms with Gasteiger partial charge in [-0.2, -0.15) is 0 Å². The molecule has 4 nitrogen and oxygen atoms in total. The first kappa shape index (κ1) is 16.6. The van der Waals surface area contributed by atoms with Gasteiger partial charge in [0.05, 0.1) is 22.2 Å². The molecule has 2 aromatic heterocycles. The number of halogens is 1. The Labute approximate surface area is 149 Å². The van der Waals surface area contributed by atoms with E-state index in [1.165, 1.54) is 11.3 Å². The summed E-state index contributed by atoms with van der Waals surface area (Å²) in [7, 11) is 1.63. The fourth-order valence-corrected chi connectivity index (χ4v) is 3.32. The molecule has 1 amide bonds. The molecule has 0 bridgehead atoms. The standard InChI is InChI=1S/C18H15ClN2O2S/c1-23-11-13-6-8-17(24-13)18(22)21-12-5-7-15(19)14(10-12)16-4-2-3-9-20-16/h2-10H,11H2,1H3,(H,21,22). The summed E-state index contributed by atoms with van der Waals surface area (Å²) in [6.07, 6.45) is 1.71. The van der Waals surface area contributed by atoms with Crippen LogP contribution in [0.1, 0.15) is 14.5 Å². The first-order valence-corrected chi connectivity index (χ1v) is 8.47. The van der Waals surface area contributed by atoms with Gasteiger partial charge in [-0.15, -0.1) is 11.3 Å². The SMILES string of the molecule is COCc1ccc(C(=O)Nc2ccc(Cl)c(-c3ccccn3)c2)s1. The van der Waals surface area contributed by atoms with Crippen LogP contribution in [0.3, 0.4) is 0 Å². The second-order valence-electron chi connectivity index (χ2n) is 5.06. The Morgan fingerprint density at radius 2 is 2.12 bits per heavy atom. The van der Waals surface area contributed by atoms with Crippen molar-refractivity contribution < 1.29 is 9.53 Å². The van der Waals surface area contributed by atoms with E-state index in [4.69, 9.17) is 16.3 Å². The van der Waals surface area contributed by atoms with Crippen molar-refractivity contribution in [2.45, 2.75) is 6.61 Å². The predicted octanol–water partition coefficient (Wildman–Crippen LogP) is 4.86. The average molecular weight is 359 g/mol. The number of rotatable bonds is 5. The Hall–Kier alpha value is -2.21. The highest BCUT2D eigenvalue weighted by atomic mass is 35.5. The van der Waals surface area contributed by atoms with Gasteiger partial charge in [-0.25, -0.2) is 0 Å². The van der Waals surface area contributed by atoms with Crippen LogP contribution in [0, 0.1) is 0 Å². The van der Waals surface area contributed by atoms with E-state index < -0.39 is 0 Å². The third kappa shape index (κ3) is 3.82. The Morgan fingerprint density at radius 3 is 2.88 bits per heavy atom. The van der Waals surface area contributed by atoms with Gasteiger partial charge in [0.2, 0.25) is 0 Å². The maximum atomic E-state index is 12.4. The van der Waals surface area contributed by atoms with Crippen LogP contribution in [-0.4, -0.2) is 18.0 Å². The molecule has 0 aliphatic heterocycles. The Bertz CT molecular complexity index is 849. The zero-order valence-electron chi connectivity index (χ0n) is 13.0. The number of hydrogen-bond donors (Lipinski definition) is 1. The number of pyridine rings is 1. The monoisotopic (exact) mass is 358 g/mol. The Morgan fingerprint density at radius 1 is 1.25 bits per heavy atom. The van der Waals surface area contributed by atoms with E-state index >= 15 is 0 Å². The van der Waals surface area contributed by atoms with Crippen molar-refractivity contribution in [1.29, 1.82) is 0 Å². The average Bonchev–Trinajstić information content (AvgIpc) is 3.06. The van der Waals surface area contributed by atoms with Gasteiger partial charge in [0, 0.05) is 29.4 Å². The Kier molecular flexibility index (Phi) is 5.25. The second kappa shape index (κ2) is 7.57. The van der Waals surface area contributed by atoms with Gasteiger partial charge >= 0.3 is 0 Å². The van der Waals surface area contributed by atoms with E-state index in [1.807, 2.05) is 30.3 Å². The molecule has 0 atom stereocenters. The first-order chi connectivity index (χ1) is 11.7. The summed E-state index contributed by atoms with van der Waals surface area (Å²) in [6.45, 7) is 0.503. The number of methoxy groups -OCH3 is 1. The van der Waals surface area contributed by atoms with E-state index in [-0.39, 0.29) is 5.91 Å². The summed E-state index contributed by atoms with van der Waals surface area (Å²) in [5.41, 5.74) is 2.21. The minimum absolute atomic E-state index is 0.156. The van der Waals surface area contributed by atoms with Crippen LogP contribution in [0.5, 0.6) is 0 Å². The third-order valence-corrected chi connectivity index (χ3v) is 4.72. The largest absolute Gasteiger partial charge is 0.379 e. The lowest BCUT2D eigenvalue weighted by atomic mass is 10.1. The second-order valence-corrected chi connectivity index (χ2v) is 6.64. The molecule has 0 spiro atoms. The molecule has 0 radical (unpaired) electrons. The van der Waals surface area contributed by atoms with E-state index in [0.717, 1.165) is 16.1 Å². The van der Waals surface area contributed by atoms with Gasteiger partial charge < -0.3 is 10.1 Å². The molecule has 1 N–H and O–H groups in total. The molecule has 0 aliphatic carbocycles. The summed E-state index contributed by atoms with van der Waals surface area (Å²) >= 11 is 7.67. The third-order valence-electron chi connectivity index (χ3n) is 3.34. The van der Waals surface area contributed by atoms with Gasteiger partial charge in [0.15, 0.2) is 0 Å². The van der Waals surface area contributed by atoms with Crippen molar-refractivity contribution in [3.05, 3.63) is 69.5 Å². The summed E-state index contributed by atoms with van der Waals surface area (Å²) < 4.78 is 5.07. The fraction of sp³-hybridized carbons (Fsp3) is 0.111. The number of nitrogens with one attached hydrogen (secondary N) is 1. The molecule has 3 aromatic rings. The molecule has 122 valence electrons. The molecule has 1 aromatic carbocycles. The zero-order valence-corrected chi connectivity index (χ0v) is 14.5. The number of thiophene rings is 1. The van der Waals surface area contributed by atoms with Crippen molar-refractivity contribution in [1.82, 2.24) is 4.98 Å². The van der Waals surface area contributed by atoms with Gasteiger partial charge in [-0.05, 0) is 42.5 Å². The molecule has 0 saturated heterocycles. The zero-order chi connectivity index (χ0) is 16.9. The molecule has 24 heavy (non-hydrogen) atoms. The van der Waals surface area contributed by atoms with Crippen molar-refractivity contribution in [3.63, 3.8) is 0 Å². The van der Waals surface area contributed by atoms with Gasteiger partial charge in [0.25, 0.3) is 5.91 Å². The minimum Gasteiger partial charge on any atom is -0.379 e. The minimum atomic E-state index is -0.156. The fourth-order valence-electron chi connectivity index (χ4n) is 2.23. The lowest BCUT2D eigenvalue weighted by Crippen LogP contribution is -2.10. The van der Waals surface area contributed by atoms with Gasteiger partial charge in [-0.3, -0.25) is 9.78 Å². The van der Waals surface area contributed by atoms with Crippen LogP contribution in [0.25, 0.3) is 11.3 Å². The van der Waals surface area contributed by atoms with Crippen LogP contribution in [0.4, 0.5) is 5.69 Å². The smallest absolute Gasteiger partial charge is 0.265 e. The molecule has 3 rings (SSSR count). The van der Waals surface area contributed by atoms with Crippen LogP contribution in [0.2, 0.25) is 5.02 Å². The molecule has 0 fully saturated rings. The van der Waals surface area contributed by atoms with Gasteiger partial charge in [-0.1, -0.05) is 17.7 Å². The molecular weight excluding hydrogens is 344 g/mol. The number of carbonyl (C=O) groups is 1. The summed E-state index contributed by atoms with van der Waals surface area (Å²) in [5.74, 6) is -0.156. The highest BCUT2D eigenvalue weighted by molar-refractivity contribution is 7.14. The Balaban J connectivity index is 1.81. The molecule has 0 unspecified atom stereocenters. The predicted molar refractivity (Wildman–Crippen MR) is 97.7 cm³/mol. The number of benzene rings is 1. The lowest BCUT2D eigenvalue weighted by molar-refractivity contribution is 0.103. The van der Waals surface area contributed by atoms with E-state index in [2.05, 4.69) is 10.3 Å². The number of hydrogen-bond acceptors (Lipinski definition) is 4. The number of ether oxygens (including phenoxy) is 1. The molecule has 0 aliphatic rings.